The Morgan fingerprint density at radius 2 is 1.00 bits per heavy atom. The first-order chi connectivity index (χ1) is 1.73. The van der Waals surface area contributed by atoms with Crippen LogP contribution in [0.3, 0.4) is 0 Å². The van der Waals surface area contributed by atoms with E-state index < -0.39 is 0 Å². The van der Waals surface area contributed by atoms with Gasteiger partial charge in [0.25, 0.3) is 0 Å². The van der Waals surface area contributed by atoms with E-state index in [0.717, 1.165) is 0 Å². The monoisotopic (exact) mass is 288 g/mol. The molecule has 0 heterocycles. The van der Waals surface area contributed by atoms with Gasteiger partial charge in [-0.2, -0.15) is 5.92 Å². The summed E-state index contributed by atoms with van der Waals surface area (Å²) in [6.45, 7) is 7.75. The summed E-state index contributed by atoms with van der Waals surface area (Å²) in [4.78, 5) is 0. The van der Waals surface area contributed by atoms with Crippen LogP contribution in [0, 0.1) is 12.8 Å². The Kier molecular flexibility index (Phi) is 117. The summed E-state index contributed by atoms with van der Waals surface area (Å²) in [5, 5.41) is 0. The van der Waals surface area contributed by atoms with Gasteiger partial charge in [-0.05, 0) is 0 Å². The largest absolute Gasteiger partial charge is 4.00 e. The van der Waals surface area contributed by atoms with E-state index in [1.807, 2.05) is 0 Å². The third-order valence-corrected chi connectivity index (χ3v) is 0. The van der Waals surface area contributed by atoms with Gasteiger partial charge in [-0.3, -0.25) is 0 Å². The van der Waals surface area contributed by atoms with Gasteiger partial charge < -0.3 is 23.4 Å². The van der Waals surface area contributed by atoms with E-state index in [9.17, 15) is 0 Å². The fraction of sp³-hybridized carbons (Fsp3) is 0.750. The smallest absolute Gasteiger partial charge is 0.870 e. The maximum absolute atomic E-state index is 3.64. The van der Waals surface area contributed by atoms with Crippen LogP contribution in [0.5, 0.6) is 0 Å². The molecule has 0 saturated heterocycles. The zero-order chi connectivity index (χ0) is 3.58. The van der Waals surface area contributed by atoms with Crippen molar-refractivity contribution in [1.82, 2.24) is 0 Å². The van der Waals surface area contributed by atoms with Gasteiger partial charge in [0.1, 0.15) is 0 Å². The van der Waals surface area contributed by atoms with Crippen LogP contribution in [0.1, 0.15) is 13.8 Å². The Morgan fingerprint density at radius 1 is 1.00 bits per heavy atom. The van der Waals surface area contributed by atoms with E-state index in [2.05, 4.69) is 20.8 Å². The molecule has 4 heteroatoms. The van der Waals surface area contributed by atoms with Gasteiger partial charge in [0.05, 0.1) is 0 Å². The summed E-state index contributed by atoms with van der Waals surface area (Å²) >= 11 is 0. The molecule has 0 radical (unpaired) electrons. The first-order valence-corrected chi connectivity index (χ1v) is 1.56. The molecule has 0 unspecified atom stereocenters. The number of hydrogen-bond acceptors (Lipinski definition) is 3. The van der Waals surface area contributed by atoms with Gasteiger partial charge in [0.2, 0.25) is 0 Å². The molecular formula is C4H12HfO3. The van der Waals surface area contributed by atoms with Crippen LogP contribution in [0.25, 0.3) is 0 Å². The van der Waals surface area contributed by atoms with E-state index in [1.165, 1.54) is 0 Å². The molecule has 50 valence electrons. The second-order valence-electron chi connectivity index (χ2n) is 1.39. The van der Waals surface area contributed by atoms with Gasteiger partial charge in [0.15, 0.2) is 0 Å². The van der Waals surface area contributed by atoms with Crippen LogP contribution in [0.2, 0.25) is 0 Å². The van der Waals surface area contributed by atoms with Crippen molar-refractivity contribution >= 4 is 0 Å². The van der Waals surface area contributed by atoms with Crippen molar-refractivity contribution in [2.45, 2.75) is 13.8 Å². The van der Waals surface area contributed by atoms with Crippen molar-refractivity contribution < 1.29 is 42.3 Å². The Hall–Kier alpha value is 0.750. The zero-order valence-electron chi connectivity index (χ0n) is 5.13. The third kappa shape index (κ3) is 397. The summed E-state index contributed by atoms with van der Waals surface area (Å²) in [5.41, 5.74) is 0. The van der Waals surface area contributed by atoms with Gasteiger partial charge in [-0.25, -0.2) is 0 Å². The Labute approximate surface area is 69.2 Å². The molecule has 0 rings (SSSR count). The molecule has 0 aromatic heterocycles. The second-order valence-corrected chi connectivity index (χ2v) is 1.39. The molecule has 0 fully saturated rings. The van der Waals surface area contributed by atoms with Gasteiger partial charge in [-0.1, -0.05) is 13.8 Å². The quantitative estimate of drug-likeness (QED) is 0.490. The van der Waals surface area contributed by atoms with Crippen molar-refractivity contribution in [3.8, 4) is 0 Å². The van der Waals surface area contributed by atoms with Gasteiger partial charge in [0, 0.05) is 0 Å². The maximum Gasteiger partial charge on any atom is 4.00 e. The Morgan fingerprint density at radius 3 is 1.00 bits per heavy atom. The topological polar surface area (TPSA) is 90.0 Å². The fourth-order valence-electron chi connectivity index (χ4n) is 0. The normalized spacial score (nSPS) is 4.50. The minimum absolute atomic E-state index is 0. The van der Waals surface area contributed by atoms with Crippen LogP contribution in [-0.2, 0) is 25.8 Å². The summed E-state index contributed by atoms with van der Waals surface area (Å²) < 4.78 is 0. The molecule has 3 nitrogen and oxygen atoms in total. The van der Waals surface area contributed by atoms with Crippen LogP contribution in [0.4, 0.5) is 0 Å². The average molecular weight is 287 g/mol. The first-order valence-electron chi connectivity index (χ1n) is 1.56. The van der Waals surface area contributed by atoms with Crippen LogP contribution < -0.4 is 0 Å². The molecule has 0 aromatic carbocycles. The third-order valence-electron chi connectivity index (χ3n) is 0. The van der Waals surface area contributed by atoms with E-state index >= 15 is 0 Å². The molecule has 8 heavy (non-hydrogen) atoms. The first kappa shape index (κ1) is 37.4. The molecule has 0 bridgehead atoms. The maximum atomic E-state index is 3.64. The summed E-state index contributed by atoms with van der Waals surface area (Å²) in [5.74, 6) is 0.583. The fourth-order valence-corrected chi connectivity index (χ4v) is 0. The predicted molar refractivity (Wildman–Crippen MR) is 26.0 cm³/mol. The Balaban J connectivity index is -0.00000000750. The molecule has 3 N–H and O–H groups in total. The molecule has 0 aliphatic carbocycles. The van der Waals surface area contributed by atoms with Crippen molar-refractivity contribution in [2.24, 2.45) is 5.92 Å². The average Bonchev–Trinajstić information content (AvgIpc) is 0.811. The van der Waals surface area contributed by atoms with Crippen molar-refractivity contribution in [2.75, 3.05) is 0 Å². The summed E-state index contributed by atoms with van der Waals surface area (Å²) in [6, 6.07) is 0. The predicted octanol–water partition coefficient (Wildman–Crippen LogP) is 0.944. The van der Waals surface area contributed by atoms with Crippen LogP contribution >= 0.6 is 0 Å². The minimum atomic E-state index is 0. The summed E-state index contributed by atoms with van der Waals surface area (Å²) in [7, 11) is 0. The zero-order valence-corrected chi connectivity index (χ0v) is 8.72. The molecule has 0 saturated carbocycles. The Bertz CT molecular complexity index is 16.0. The van der Waals surface area contributed by atoms with Gasteiger partial charge in [-0.15, -0.1) is 0 Å². The molecule has 0 atom stereocenters. The summed E-state index contributed by atoms with van der Waals surface area (Å²) in [6.07, 6.45) is 0. The van der Waals surface area contributed by atoms with E-state index in [-0.39, 0.29) is 42.3 Å². The van der Waals surface area contributed by atoms with Crippen LogP contribution in [0.15, 0.2) is 0 Å². The van der Waals surface area contributed by atoms with E-state index in [0.29, 0.717) is 5.92 Å². The SMILES string of the molecule is [CH2-]C(C)C.[Hf+4].[OH-].[OH-].[OH-]. The number of hydrogen-bond donors (Lipinski definition) is 0. The van der Waals surface area contributed by atoms with Crippen molar-refractivity contribution in [3.05, 3.63) is 6.92 Å². The minimum Gasteiger partial charge on any atom is -0.870 e. The van der Waals surface area contributed by atoms with Crippen molar-refractivity contribution in [3.63, 3.8) is 0 Å². The molecule has 0 aromatic rings. The van der Waals surface area contributed by atoms with E-state index in [4.69, 9.17) is 0 Å². The molecule has 0 aliphatic heterocycles. The standard InChI is InChI=1S/C4H9.Hf.3H2O/c1-4(2)3;;;;/h4H,1H2,2-3H3;;3*1H2/q-1;+4;;;/p-3. The van der Waals surface area contributed by atoms with E-state index in [1.54, 1.807) is 0 Å². The molecular weight excluding hydrogens is 275 g/mol. The molecule has 0 aliphatic rings. The van der Waals surface area contributed by atoms with Crippen molar-refractivity contribution in [1.29, 1.82) is 0 Å². The van der Waals surface area contributed by atoms with Gasteiger partial charge >= 0.3 is 25.8 Å². The molecule has 0 amide bonds. The second kappa shape index (κ2) is 25.1. The molecule has 0 spiro atoms. The van der Waals surface area contributed by atoms with Crippen LogP contribution in [-0.4, -0.2) is 16.4 Å². The number of rotatable bonds is 0.